The molecule has 2 rings (SSSR count). The van der Waals surface area contributed by atoms with Crippen LogP contribution < -0.4 is 4.90 Å². The summed E-state index contributed by atoms with van der Waals surface area (Å²) < 4.78 is 13.1. The third-order valence-corrected chi connectivity index (χ3v) is 3.17. The van der Waals surface area contributed by atoms with E-state index in [9.17, 15) is 9.18 Å². The van der Waals surface area contributed by atoms with Crippen molar-refractivity contribution in [2.75, 3.05) is 11.5 Å². The first-order valence-electron chi connectivity index (χ1n) is 5.67. The van der Waals surface area contributed by atoms with Crippen molar-refractivity contribution in [2.45, 2.75) is 0 Å². The van der Waals surface area contributed by atoms with Crippen LogP contribution >= 0.6 is 23.2 Å². The normalized spacial score (nSPS) is 10.4. The highest BCUT2D eigenvalue weighted by Gasteiger charge is 2.20. The molecule has 2 aromatic carbocycles. The largest absolute Gasteiger partial charge is 0.387 e. The van der Waals surface area contributed by atoms with Gasteiger partial charge in [-0.15, -0.1) is 0 Å². The van der Waals surface area contributed by atoms with Gasteiger partial charge in [0, 0.05) is 10.7 Å². The smallest absolute Gasteiger partial charge is 0.257 e. The molecular weight excluding hydrogens is 304 g/mol. The van der Waals surface area contributed by atoms with Crippen molar-refractivity contribution >= 4 is 40.5 Å². The van der Waals surface area contributed by atoms with E-state index >= 15 is 0 Å². The zero-order chi connectivity index (χ0) is 14.7. The minimum absolute atomic E-state index is 0.0711. The van der Waals surface area contributed by atoms with Gasteiger partial charge in [-0.2, -0.15) is 0 Å². The SMILES string of the molecule is O=C(CO)N(c1ccc(Cl)cc1)c1ccc(F)cc1Cl. The second-order valence-corrected chi connectivity index (χ2v) is 4.80. The summed E-state index contributed by atoms with van der Waals surface area (Å²) >= 11 is 11.8. The minimum Gasteiger partial charge on any atom is -0.387 e. The number of carbonyl (C=O) groups excluding carboxylic acids is 1. The summed E-state index contributed by atoms with van der Waals surface area (Å²) in [4.78, 5) is 13.1. The summed E-state index contributed by atoms with van der Waals surface area (Å²) in [7, 11) is 0. The number of nitrogens with zero attached hydrogens (tertiary/aromatic N) is 1. The van der Waals surface area contributed by atoms with E-state index in [2.05, 4.69) is 0 Å². The highest BCUT2D eigenvalue weighted by Crippen LogP contribution is 2.33. The van der Waals surface area contributed by atoms with Gasteiger partial charge in [-0.1, -0.05) is 23.2 Å². The van der Waals surface area contributed by atoms with Crippen molar-refractivity contribution in [1.29, 1.82) is 0 Å². The lowest BCUT2D eigenvalue weighted by atomic mass is 10.2. The van der Waals surface area contributed by atoms with E-state index in [1.807, 2.05) is 0 Å². The lowest BCUT2D eigenvalue weighted by Crippen LogP contribution is -2.28. The Labute approximate surface area is 125 Å². The molecule has 0 spiro atoms. The van der Waals surface area contributed by atoms with Crippen LogP contribution in [0.5, 0.6) is 0 Å². The van der Waals surface area contributed by atoms with Gasteiger partial charge >= 0.3 is 0 Å². The molecule has 6 heteroatoms. The molecule has 0 radical (unpaired) electrons. The van der Waals surface area contributed by atoms with Crippen LogP contribution in [0.15, 0.2) is 42.5 Å². The van der Waals surface area contributed by atoms with E-state index < -0.39 is 18.3 Å². The maximum atomic E-state index is 13.1. The van der Waals surface area contributed by atoms with Crippen LogP contribution in [0.4, 0.5) is 15.8 Å². The molecule has 0 aliphatic carbocycles. The first-order chi connectivity index (χ1) is 9.52. The van der Waals surface area contributed by atoms with Crippen LogP contribution in [0.1, 0.15) is 0 Å². The Hall–Kier alpha value is -1.62. The van der Waals surface area contributed by atoms with E-state index in [1.165, 1.54) is 17.0 Å². The van der Waals surface area contributed by atoms with Gasteiger partial charge in [-0.25, -0.2) is 4.39 Å². The summed E-state index contributed by atoms with van der Waals surface area (Å²) in [6.45, 7) is -0.698. The molecular formula is C14H10Cl2FNO2. The summed E-state index contributed by atoms with van der Waals surface area (Å²) in [5.41, 5.74) is 0.761. The molecule has 0 saturated heterocycles. The van der Waals surface area contributed by atoms with Crippen LogP contribution in [0.3, 0.4) is 0 Å². The van der Waals surface area contributed by atoms with Gasteiger partial charge in [0.05, 0.1) is 10.7 Å². The number of hydrogen-bond donors (Lipinski definition) is 1. The van der Waals surface area contributed by atoms with Crippen LogP contribution in [-0.4, -0.2) is 17.6 Å². The van der Waals surface area contributed by atoms with E-state index in [4.69, 9.17) is 28.3 Å². The van der Waals surface area contributed by atoms with Crippen LogP contribution in [0.2, 0.25) is 10.0 Å². The Morgan fingerprint density at radius 3 is 2.35 bits per heavy atom. The third kappa shape index (κ3) is 3.10. The molecule has 104 valence electrons. The van der Waals surface area contributed by atoms with Crippen molar-refractivity contribution in [2.24, 2.45) is 0 Å². The van der Waals surface area contributed by atoms with Crippen molar-refractivity contribution in [3.63, 3.8) is 0 Å². The predicted octanol–water partition coefficient (Wildman–Crippen LogP) is 3.79. The lowest BCUT2D eigenvalue weighted by Gasteiger charge is -2.23. The monoisotopic (exact) mass is 313 g/mol. The zero-order valence-corrected chi connectivity index (χ0v) is 11.7. The lowest BCUT2D eigenvalue weighted by molar-refractivity contribution is -0.120. The summed E-state index contributed by atoms with van der Waals surface area (Å²) in [6.07, 6.45) is 0. The Bertz CT molecular complexity index is 632. The molecule has 0 fully saturated rings. The van der Waals surface area contributed by atoms with Crippen molar-refractivity contribution in [1.82, 2.24) is 0 Å². The number of carbonyl (C=O) groups is 1. The molecule has 0 atom stereocenters. The van der Waals surface area contributed by atoms with Crippen LogP contribution in [-0.2, 0) is 4.79 Å². The molecule has 0 aromatic heterocycles. The maximum Gasteiger partial charge on any atom is 0.257 e. The first kappa shape index (κ1) is 14.8. The van der Waals surface area contributed by atoms with Crippen LogP contribution in [0.25, 0.3) is 0 Å². The second-order valence-electron chi connectivity index (χ2n) is 3.96. The molecule has 0 saturated carbocycles. The highest BCUT2D eigenvalue weighted by atomic mass is 35.5. The minimum atomic E-state index is -0.698. The molecule has 0 aliphatic heterocycles. The van der Waals surface area contributed by atoms with E-state index in [0.717, 1.165) is 6.07 Å². The second kappa shape index (κ2) is 6.22. The number of aliphatic hydroxyl groups is 1. The third-order valence-electron chi connectivity index (χ3n) is 2.62. The fourth-order valence-corrected chi connectivity index (χ4v) is 2.12. The van der Waals surface area contributed by atoms with Gasteiger partial charge in [0.2, 0.25) is 0 Å². The molecule has 1 amide bonds. The Kier molecular flexibility index (Phi) is 4.60. The van der Waals surface area contributed by atoms with Gasteiger partial charge < -0.3 is 5.11 Å². The standard InChI is InChI=1S/C14H10Cl2FNO2/c15-9-1-4-11(5-2-9)18(14(20)8-19)13-6-3-10(17)7-12(13)16/h1-7,19H,8H2. The Morgan fingerprint density at radius 1 is 1.15 bits per heavy atom. The fourth-order valence-electron chi connectivity index (χ4n) is 1.74. The molecule has 2 aromatic rings. The van der Waals surface area contributed by atoms with E-state index in [1.54, 1.807) is 24.3 Å². The van der Waals surface area contributed by atoms with Gasteiger partial charge in [-0.3, -0.25) is 9.69 Å². The Balaban J connectivity index is 2.52. The number of hydrogen-bond acceptors (Lipinski definition) is 2. The quantitative estimate of drug-likeness (QED) is 0.936. The number of halogens is 3. The number of amides is 1. The number of anilines is 2. The average Bonchev–Trinajstić information content (AvgIpc) is 2.43. The van der Waals surface area contributed by atoms with E-state index in [0.29, 0.717) is 10.7 Å². The zero-order valence-electron chi connectivity index (χ0n) is 10.2. The van der Waals surface area contributed by atoms with Crippen molar-refractivity contribution < 1.29 is 14.3 Å². The average molecular weight is 314 g/mol. The highest BCUT2D eigenvalue weighted by molar-refractivity contribution is 6.34. The summed E-state index contributed by atoms with van der Waals surface area (Å²) in [6, 6.07) is 10.1. The van der Waals surface area contributed by atoms with Gasteiger partial charge in [0.25, 0.3) is 5.91 Å². The van der Waals surface area contributed by atoms with Gasteiger partial charge in [-0.05, 0) is 42.5 Å². The molecule has 0 bridgehead atoms. The molecule has 3 nitrogen and oxygen atoms in total. The summed E-state index contributed by atoms with van der Waals surface area (Å²) in [5, 5.41) is 9.67. The number of aliphatic hydroxyl groups excluding tert-OH is 1. The molecule has 0 unspecified atom stereocenters. The topological polar surface area (TPSA) is 40.5 Å². The Morgan fingerprint density at radius 2 is 1.80 bits per heavy atom. The van der Waals surface area contributed by atoms with Gasteiger partial charge in [0.1, 0.15) is 12.4 Å². The molecule has 0 aliphatic rings. The molecule has 0 heterocycles. The van der Waals surface area contributed by atoms with E-state index in [-0.39, 0.29) is 10.7 Å². The molecule has 1 N–H and O–H groups in total. The maximum absolute atomic E-state index is 13.1. The molecule has 20 heavy (non-hydrogen) atoms. The number of rotatable bonds is 3. The van der Waals surface area contributed by atoms with Gasteiger partial charge in [0.15, 0.2) is 0 Å². The fraction of sp³-hybridized carbons (Fsp3) is 0.0714. The first-order valence-corrected chi connectivity index (χ1v) is 6.43. The summed E-state index contributed by atoms with van der Waals surface area (Å²) in [5.74, 6) is -1.09. The van der Waals surface area contributed by atoms with Crippen molar-refractivity contribution in [3.8, 4) is 0 Å². The van der Waals surface area contributed by atoms with Crippen LogP contribution in [0, 0.1) is 5.82 Å². The predicted molar refractivity (Wildman–Crippen MR) is 77.1 cm³/mol. The van der Waals surface area contributed by atoms with Crippen molar-refractivity contribution in [3.05, 3.63) is 58.3 Å². The number of benzene rings is 2.